The van der Waals surface area contributed by atoms with E-state index in [2.05, 4.69) is 9.84 Å². The normalized spacial score (nSPS) is 30.0. The number of aliphatic hydroxyl groups excluding tert-OH is 1. The number of benzene rings is 3. The summed E-state index contributed by atoms with van der Waals surface area (Å²) in [4.78, 5) is 119. The standard InChI is InChI=1S/C49H54NO19P.Na/c1-26-32(66-45(58)38(54)37(29-16-10-7-11-17-29)50-43(56)30-18-12-8-13-19-30)23-49(59)42(68-44(57)31-20-14-9-15-21-31)40-47(6,41(55)39(65-27(2)51)36(26)46(49,4)5)33(67-35(53)24-64-70(60,61)62)22-34-48(40,25-63-34)69-28(3)52;/h7-21,32-34,37-40,42,54,59H,22-25H2,1-6H3,(H,50,56)(H2,60,61,62);/q;+1/p-1/t32-,33-,34+,37-,38+,39+,40-,42-,47+,48-,49+;/m0./s1. The Balaban J connectivity index is 0.00000825. The van der Waals surface area contributed by atoms with Crippen LogP contribution in [-0.4, -0.2) is 118 Å². The van der Waals surface area contributed by atoms with Crippen LogP contribution in [-0.2, 0) is 61.5 Å². The predicted octanol–water partition coefficient (Wildman–Crippen LogP) is -0.232. The van der Waals surface area contributed by atoms with Gasteiger partial charge in [-0.2, -0.15) is 0 Å². The predicted molar refractivity (Wildman–Crippen MR) is 237 cm³/mol. The van der Waals surface area contributed by atoms with Gasteiger partial charge in [-0.3, -0.25) is 23.7 Å². The molecule has 3 aromatic rings. The Morgan fingerprint density at radius 3 is 1.97 bits per heavy atom. The number of amides is 1. The van der Waals surface area contributed by atoms with Crippen molar-refractivity contribution in [2.24, 2.45) is 16.7 Å². The van der Waals surface area contributed by atoms with Crippen molar-refractivity contribution in [2.45, 2.75) is 108 Å². The molecule has 4 aliphatic rings. The SMILES string of the molecule is CC(=O)O[C@H]1C(=O)[C@]2(C)[C@@H](OC(=O)COP(=O)([O-])O)C[C@H]3OC[C@@]3(OC(C)=O)[C@H]2[C@H](OC(=O)c2ccccc2)[C@]2(O)C[C@H](OC(=O)[C@H](O)[C@@H](NC(=O)c3ccccc3)c3ccccc3)C(C)=C1C2(C)C.[Na+]. The minimum atomic E-state index is -5.49. The van der Waals surface area contributed by atoms with Gasteiger partial charge < -0.3 is 58.3 Å². The summed E-state index contributed by atoms with van der Waals surface area (Å²) in [6.07, 6.45) is -12.0. The van der Waals surface area contributed by atoms with Gasteiger partial charge in [0.1, 0.15) is 30.0 Å². The third-order valence-electron chi connectivity index (χ3n) is 14.1. The van der Waals surface area contributed by atoms with E-state index in [1.54, 1.807) is 54.6 Å². The number of rotatable bonds is 14. The van der Waals surface area contributed by atoms with Crippen molar-refractivity contribution in [1.82, 2.24) is 5.32 Å². The van der Waals surface area contributed by atoms with Crippen LogP contribution in [0.15, 0.2) is 102 Å². The van der Waals surface area contributed by atoms with Gasteiger partial charge in [-0.1, -0.05) is 80.6 Å². The third-order valence-corrected chi connectivity index (χ3v) is 14.5. The molecule has 2 saturated carbocycles. The number of carbonyl (C=O) groups is 7. The number of hydrogen-bond acceptors (Lipinski definition) is 18. The van der Waals surface area contributed by atoms with Crippen LogP contribution in [0.5, 0.6) is 0 Å². The molecule has 1 aliphatic heterocycles. The van der Waals surface area contributed by atoms with Crippen LogP contribution in [0.3, 0.4) is 0 Å². The van der Waals surface area contributed by atoms with Crippen molar-refractivity contribution < 1.29 is 121 Å². The van der Waals surface area contributed by atoms with Gasteiger partial charge in [0.2, 0.25) is 0 Å². The second-order valence-corrected chi connectivity index (χ2v) is 19.8. The zero-order valence-corrected chi connectivity index (χ0v) is 42.8. The molecular weight excluding hydrogens is 960 g/mol. The molecule has 22 heteroatoms. The zero-order valence-electron chi connectivity index (χ0n) is 39.9. The minimum Gasteiger partial charge on any atom is -0.756 e. The van der Waals surface area contributed by atoms with E-state index >= 15 is 4.79 Å². The van der Waals surface area contributed by atoms with E-state index in [0.717, 1.165) is 13.8 Å². The van der Waals surface area contributed by atoms with Crippen LogP contribution in [0.2, 0.25) is 0 Å². The average molecular weight is 1010 g/mol. The zero-order chi connectivity index (χ0) is 51.1. The molecule has 12 atom stereocenters. The molecule has 7 rings (SSSR count). The van der Waals surface area contributed by atoms with Crippen LogP contribution in [0.1, 0.15) is 86.7 Å². The van der Waals surface area contributed by atoms with Gasteiger partial charge in [0, 0.05) is 37.7 Å². The summed E-state index contributed by atoms with van der Waals surface area (Å²) in [5, 5.41) is 28.5. The van der Waals surface area contributed by atoms with Gasteiger partial charge >= 0.3 is 59.4 Å². The first-order chi connectivity index (χ1) is 32.9. The molecule has 3 aromatic carbocycles. The molecule has 3 fully saturated rings. The molecule has 2 bridgehead atoms. The smallest absolute Gasteiger partial charge is 0.756 e. The van der Waals surface area contributed by atoms with Crippen LogP contribution in [0, 0.1) is 16.7 Å². The van der Waals surface area contributed by atoms with Crippen molar-refractivity contribution in [2.75, 3.05) is 13.2 Å². The monoisotopic (exact) mass is 1010 g/mol. The van der Waals surface area contributed by atoms with E-state index in [1.165, 1.54) is 64.1 Å². The van der Waals surface area contributed by atoms with Crippen LogP contribution in [0.25, 0.3) is 0 Å². The second kappa shape index (κ2) is 21.2. The van der Waals surface area contributed by atoms with E-state index in [-0.39, 0.29) is 51.8 Å². The topological polar surface area (TPSA) is 297 Å². The molecule has 20 nitrogen and oxygen atoms in total. The summed E-state index contributed by atoms with van der Waals surface area (Å²) in [5.41, 5.74) is -8.39. The maximum atomic E-state index is 16.0. The quantitative estimate of drug-likeness (QED) is 0.0533. The van der Waals surface area contributed by atoms with Crippen LogP contribution < -0.4 is 39.8 Å². The van der Waals surface area contributed by atoms with E-state index in [4.69, 9.17) is 28.4 Å². The summed E-state index contributed by atoms with van der Waals surface area (Å²) in [6, 6.07) is 22.1. The first kappa shape index (κ1) is 55.2. The minimum absolute atomic E-state index is 0. The van der Waals surface area contributed by atoms with Gasteiger partial charge in [-0.25, -0.2) is 14.4 Å². The van der Waals surface area contributed by atoms with E-state index in [0.29, 0.717) is 5.56 Å². The maximum Gasteiger partial charge on any atom is 1.00 e. The Hall–Kier alpha value is -5.12. The number of phosphoric acid groups is 1. The van der Waals surface area contributed by atoms with E-state index in [1.807, 2.05) is 0 Å². The molecule has 1 heterocycles. The number of esters is 5. The Kier molecular flexibility index (Phi) is 16.4. The fourth-order valence-corrected chi connectivity index (χ4v) is 10.9. The Bertz CT molecular complexity index is 2630. The molecule has 1 unspecified atom stereocenters. The Labute approximate surface area is 430 Å². The number of Topliss-reactive ketones (excluding diaryl/α,β-unsaturated/α-hetero) is 1. The summed E-state index contributed by atoms with van der Waals surface area (Å²) >= 11 is 0. The second-order valence-electron chi connectivity index (χ2n) is 18.6. The number of carbonyl (C=O) groups excluding carboxylic acids is 7. The van der Waals surface area contributed by atoms with Gasteiger partial charge in [0.25, 0.3) is 13.7 Å². The Morgan fingerprint density at radius 2 is 1.44 bits per heavy atom. The number of phosphoric ester groups is 1. The molecular formula is C49H53NNaO19P. The van der Waals surface area contributed by atoms with Crippen molar-refractivity contribution >= 4 is 49.4 Å². The number of ether oxygens (including phenoxy) is 6. The first-order valence-corrected chi connectivity index (χ1v) is 23.7. The summed E-state index contributed by atoms with van der Waals surface area (Å²) < 4.78 is 52.0. The number of ketones is 1. The number of nitrogens with one attached hydrogen (secondary N) is 1. The molecule has 71 heavy (non-hydrogen) atoms. The van der Waals surface area contributed by atoms with E-state index in [9.17, 15) is 53.3 Å². The first-order valence-electron chi connectivity index (χ1n) is 22.2. The van der Waals surface area contributed by atoms with Gasteiger partial charge in [-0.15, -0.1) is 0 Å². The molecule has 1 amide bonds. The van der Waals surface area contributed by atoms with Crippen molar-refractivity contribution in [1.29, 1.82) is 0 Å². The number of fused-ring (bicyclic) bond motifs is 5. The molecule has 4 N–H and O–H groups in total. The van der Waals surface area contributed by atoms with Crippen molar-refractivity contribution in [3.05, 3.63) is 119 Å². The average Bonchev–Trinajstić information content (AvgIpc) is 3.30. The molecule has 0 spiro atoms. The molecule has 0 radical (unpaired) electrons. The number of aliphatic hydroxyl groups is 2. The van der Waals surface area contributed by atoms with Gasteiger partial charge in [-0.05, 0) is 54.8 Å². The van der Waals surface area contributed by atoms with Crippen LogP contribution in [0.4, 0.5) is 0 Å². The summed E-state index contributed by atoms with van der Waals surface area (Å²) in [7, 11) is -5.49. The maximum absolute atomic E-state index is 16.0. The molecule has 374 valence electrons. The van der Waals surface area contributed by atoms with Crippen LogP contribution >= 0.6 is 7.82 Å². The van der Waals surface area contributed by atoms with Gasteiger partial charge in [0.15, 0.2) is 30.2 Å². The van der Waals surface area contributed by atoms with Crippen molar-refractivity contribution in [3.8, 4) is 0 Å². The van der Waals surface area contributed by atoms with Crippen molar-refractivity contribution in [3.63, 3.8) is 0 Å². The van der Waals surface area contributed by atoms with Gasteiger partial charge in [0.05, 0.1) is 29.5 Å². The Morgan fingerprint density at radius 1 is 0.859 bits per heavy atom. The third kappa shape index (κ3) is 10.6. The molecule has 0 aromatic heterocycles. The largest absolute Gasteiger partial charge is 1.00 e. The van der Waals surface area contributed by atoms with E-state index < -0.39 is 146 Å². The summed E-state index contributed by atoms with van der Waals surface area (Å²) in [6.45, 7) is 5.85. The fraction of sp³-hybridized carbons (Fsp3) is 0.449. The number of hydrogen-bond donors (Lipinski definition) is 4. The molecule has 1 saturated heterocycles. The summed E-state index contributed by atoms with van der Waals surface area (Å²) in [5.74, 6) is -9.23. The fourth-order valence-electron chi connectivity index (χ4n) is 10.7. The molecule has 3 aliphatic carbocycles.